The molecule has 0 unspecified atom stereocenters. The Morgan fingerprint density at radius 3 is 2.19 bits per heavy atom. The number of carbonyl (C=O) groups excluding carboxylic acids is 4. The van der Waals surface area contributed by atoms with Crippen molar-refractivity contribution in [1.29, 1.82) is 0 Å². The van der Waals surface area contributed by atoms with Gasteiger partial charge in [0.2, 0.25) is 0 Å². The molecule has 0 aliphatic heterocycles. The smallest absolute Gasteiger partial charge is 0.339 e. The third kappa shape index (κ3) is 3.95. The summed E-state index contributed by atoms with van der Waals surface area (Å²) in [6, 6.07) is 15.3. The maximum atomic E-state index is 13.0. The lowest BCUT2D eigenvalue weighted by molar-refractivity contribution is -0.119. The van der Waals surface area contributed by atoms with Crippen LogP contribution in [0.25, 0.3) is 0 Å². The third-order valence-corrected chi connectivity index (χ3v) is 5.45. The number of rotatable bonds is 4. The fraction of sp³-hybridized carbons (Fsp3) is 0.0435. The fourth-order valence-electron chi connectivity index (χ4n) is 3.29. The molecule has 3 aromatic rings. The van der Waals surface area contributed by atoms with E-state index in [1.807, 2.05) is 0 Å². The van der Waals surface area contributed by atoms with Crippen LogP contribution in [0.1, 0.15) is 42.2 Å². The van der Waals surface area contributed by atoms with Gasteiger partial charge in [-0.15, -0.1) is 0 Å². The summed E-state index contributed by atoms with van der Waals surface area (Å²) in [7, 11) is 0. The molecule has 0 bridgehead atoms. The molecule has 1 N–H and O–H groups in total. The van der Waals surface area contributed by atoms with Crippen LogP contribution in [0.3, 0.4) is 0 Å². The molecule has 1 aliphatic rings. The van der Waals surface area contributed by atoms with E-state index in [-0.39, 0.29) is 38.6 Å². The molecule has 154 valence electrons. The van der Waals surface area contributed by atoms with Gasteiger partial charge in [0.05, 0.1) is 15.6 Å². The number of ketones is 2. The number of hydrogen-bond donors (Lipinski definition) is 1. The van der Waals surface area contributed by atoms with Gasteiger partial charge in [-0.1, -0.05) is 59.6 Å². The van der Waals surface area contributed by atoms with E-state index in [2.05, 4.69) is 5.32 Å². The van der Waals surface area contributed by atoms with Crippen molar-refractivity contribution in [2.45, 2.75) is 0 Å². The van der Waals surface area contributed by atoms with Crippen molar-refractivity contribution in [3.05, 3.63) is 98.5 Å². The first kappa shape index (κ1) is 20.8. The molecule has 0 heterocycles. The molecular formula is C23H13Cl2NO5. The van der Waals surface area contributed by atoms with E-state index in [1.165, 1.54) is 36.4 Å². The summed E-state index contributed by atoms with van der Waals surface area (Å²) < 4.78 is 5.08. The Morgan fingerprint density at radius 2 is 1.48 bits per heavy atom. The predicted molar refractivity (Wildman–Crippen MR) is 115 cm³/mol. The maximum absolute atomic E-state index is 13.0. The highest BCUT2D eigenvalue weighted by molar-refractivity contribution is 6.42. The van der Waals surface area contributed by atoms with E-state index in [0.29, 0.717) is 10.7 Å². The van der Waals surface area contributed by atoms with Crippen molar-refractivity contribution < 1.29 is 23.9 Å². The van der Waals surface area contributed by atoms with Crippen LogP contribution in [-0.2, 0) is 9.53 Å². The molecule has 31 heavy (non-hydrogen) atoms. The largest absolute Gasteiger partial charge is 0.452 e. The maximum Gasteiger partial charge on any atom is 0.339 e. The first-order valence-corrected chi connectivity index (χ1v) is 9.86. The number of nitrogens with one attached hydrogen (secondary N) is 1. The van der Waals surface area contributed by atoms with Gasteiger partial charge in [-0.3, -0.25) is 14.4 Å². The van der Waals surface area contributed by atoms with E-state index in [4.69, 9.17) is 27.9 Å². The molecule has 0 fully saturated rings. The molecule has 0 atom stereocenters. The minimum Gasteiger partial charge on any atom is -0.452 e. The van der Waals surface area contributed by atoms with E-state index in [1.54, 1.807) is 24.3 Å². The molecule has 0 spiro atoms. The van der Waals surface area contributed by atoms with Gasteiger partial charge in [0.25, 0.3) is 5.91 Å². The number of carbonyl (C=O) groups is 4. The Bertz CT molecular complexity index is 1270. The first-order valence-electron chi connectivity index (χ1n) is 9.10. The highest BCUT2D eigenvalue weighted by Gasteiger charge is 2.33. The topological polar surface area (TPSA) is 89.5 Å². The molecule has 1 amide bonds. The molecule has 1 aliphatic carbocycles. The normalized spacial score (nSPS) is 12.1. The van der Waals surface area contributed by atoms with Crippen molar-refractivity contribution in [3.63, 3.8) is 0 Å². The number of fused-ring (bicyclic) bond motifs is 2. The second kappa shape index (κ2) is 8.34. The Balaban J connectivity index is 1.52. The van der Waals surface area contributed by atoms with Crippen molar-refractivity contribution in [2.24, 2.45) is 0 Å². The fourth-order valence-corrected chi connectivity index (χ4v) is 3.59. The lowest BCUT2D eigenvalue weighted by Gasteiger charge is -2.19. The highest BCUT2D eigenvalue weighted by Crippen LogP contribution is 2.30. The van der Waals surface area contributed by atoms with Crippen LogP contribution in [0.5, 0.6) is 0 Å². The minimum atomic E-state index is -0.887. The van der Waals surface area contributed by atoms with Gasteiger partial charge < -0.3 is 10.1 Å². The lowest BCUT2D eigenvalue weighted by atomic mass is 9.82. The molecule has 0 aromatic heterocycles. The van der Waals surface area contributed by atoms with Crippen LogP contribution < -0.4 is 5.32 Å². The number of esters is 1. The SMILES string of the molecule is O=C(COC(=O)c1cccc2c1C(=O)c1ccccc1C2=O)Nc1ccc(Cl)c(Cl)c1. The summed E-state index contributed by atoms with van der Waals surface area (Å²) in [5.41, 5.74) is 0.904. The summed E-state index contributed by atoms with van der Waals surface area (Å²) in [6.07, 6.45) is 0. The Morgan fingerprint density at radius 1 is 0.806 bits per heavy atom. The number of amides is 1. The zero-order valence-corrected chi connectivity index (χ0v) is 17.3. The predicted octanol–water partition coefficient (Wildman–Crippen LogP) is 4.56. The second-order valence-electron chi connectivity index (χ2n) is 6.69. The van der Waals surface area contributed by atoms with Crippen LogP contribution >= 0.6 is 23.2 Å². The molecule has 4 rings (SSSR count). The molecular weight excluding hydrogens is 441 g/mol. The van der Waals surface area contributed by atoms with Crippen molar-refractivity contribution in [3.8, 4) is 0 Å². The van der Waals surface area contributed by atoms with Gasteiger partial charge in [0, 0.05) is 27.9 Å². The molecule has 3 aromatic carbocycles. The van der Waals surface area contributed by atoms with Gasteiger partial charge in [-0.05, 0) is 24.3 Å². The van der Waals surface area contributed by atoms with E-state index >= 15 is 0 Å². The first-order chi connectivity index (χ1) is 14.9. The van der Waals surface area contributed by atoms with E-state index < -0.39 is 24.3 Å². The summed E-state index contributed by atoms with van der Waals surface area (Å²) in [6.45, 7) is -0.596. The van der Waals surface area contributed by atoms with Crippen molar-refractivity contribution >= 4 is 52.3 Å². The Hall–Kier alpha value is -3.48. The average molecular weight is 454 g/mol. The number of benzene rings is 3. The van der Waals surface area contributed by atoms with Gasteiger partial charge in [-0.2, -0.15) is 0 Å². The Labute approximate surface area is 186 Å². The number of anilines is 1. The van der Waals surface area contributed by atoms with Gasteiger partial charge in [-0.25, -0.2) is 4.79 Å². The summed E-state index contributed by atoms with van der Waals surface area (Å²) in [5.74, 6) is -2.29. The number of hydrogen-bond acceptors (Lipinski definition) is 5. The Kier molecular flexibility index (Phi) is 5.59. The second-order valence-corrected chi connectivity index (χ2v) is 7.50. The standard InChI is InChI=1S/C23H13Cl2NO5/c24-17-9-8-12(10-18(17)25)26-19(27)11-31-23(30)16-7-3-6-15-20(16)22(29)14-5-2-1-4-13(14)21(15)28/h1-10H,11H2,(H,26,27). The molecule has 0 radical (unpaired) electrons. The molecule has 6 nitrogen and oxygen atoms in total. The van der Waals surface area contributed by atoms with Crippen molar-refractivity contribution in [2.75, 3.05) is 11.9 Å². The molecule has 0 saturated carbocycles. The van der Waals surface area contributed by atoms with Gasteiger partial charge in [0.15, 0.2) is 18.2 Å². The summed E-state index contributed by atoms with van der Waals surface area (Å²) >= 11 is 11.7. The van der Waals surface area contributed by atoms with Crippen LogP contribution in [0.4, 0.5) is 5.69 Å². The van der Waals surface area contributed by atoms with Gasteiger partial charge >= 0.3 is 5.97 Å². The third-order valence-electron chi connectivity index (χ3n) is 4.71. The van der Waals surface area contributed by atoms with Gasteiger partial charge in [0.1, 0.15) is 0 Å². The van der Waals surface area contributed by atoms with Crippen LogP contribution in [0, 0.1) is 0 Å². The summed E-state index contributed by atoms with van der Waals surface area (Å²) in [5, 5.41) is 3.12. The van der Waals surface area contributed by atoms with E-state index in [9.17, 15) is 19.2 Å². The average Bonchev–Trinajstić information content (AvgIpc) is 2.78. The van der Waals surface area contributed by atoms with Crippen molar-refractivity contribution in [1.82, 2.24) is 0 Å². The quantitative estimate of drug-likeness (QED) is 0.457. The van der Waals surface area contributed by atoms with Crippen LogP contribution in [-0.4, -0.2) is 30.0 Å². The zero-order valence-electron chi connectivity index (χ0n) is 15.8. The molecule has 8 heteroatoms. The number of halogens is 2. The molecule has 0 saturated heterocycles. The minimum absolute atomic E-state index is 0.0268. The number of ether oxygens (including phenoxy) is 1. The van der Waals surface area contributed by atoms with Crippen LogP contribution in [0.2, 0.25) is 10.0 Å². The zero-order chi connectivity index (χ0) is 22.1. The lowest BCUT2D eigenvalue weighted by Crippen LogP contribution is -2.26. The monoisotopic (exact) mass is 453 g/mol. The van der Waals surface area contributed by atoms with E-state index in [0.717, 1.165) is 0 Å². The highest BCUT2D eigenvalue weighted by atomic mass is 35.5. The van der Waals surface area contributed by atoms with Crippen LogP contribution in [0.15, 0.2) is 60.7 Å². The summed E-state index contributed by atoms with van der Waals surface area (Å²) in [4.78, 5) is 50.5.